The first-order valence-electron chi connectivity index (χ1n) is 9.31. The van der Waals surface area contributed by atoms with E-state index in [-0.39, 0.29) is 0 Å². The Balaban J connectivity index is 1.54. The van der Waals surface area contributed by atoms with Crippen molar-refractivity contribution in [1.82, 2.24) is 25.3 Å². The summed E-state index contributed by atoms with van der Waals surface area (Å²) in [5.41, 5.74) is 2.32. The van der Waals surface area contributed by atoms with Gasteiger partial charge in [0.05, 0.1) is 11.7 Å². The molecule has 2 saturated heterocycles. The minimum absolute atomic E-state index is 0.493. The molecule has 0 unspecified atom stereocenters. The molecule has 0 aliphatic carbocycles. The number of nitrogens with zero attached hydrogens (tertiary/aromatic N) is 5. The summed E-state index contributed by atoms with van der Waals surface area (Å²) < 4.78 is 0. The van der Waals surface area contributed by atoms with E-state index in [4.69, 9.17) is 9.97 Å². The van der Waals surface area contributed by atoms with Crippen LogP contribution in [-0.4, -0.2) is 46.1 Å². The monoisotopic (exact) mass is 346 g/mol. The van der Waals surface area contributed by atoms with Crippen molar-refractivity contribution in [2.24, 2.45) is 5.41 Å². The Hall–Kier alpha value is -2.60. The van der Waals surface area contributed by atoms with E-state index in [0.717, 1.165) is 54.3 Å². The first kappa shape index (κ1) is 15.6. The van der Waals surface area contributed by atoms with E-state index in [1.54, 1.807) is 6.20 Å². The Morgan fingerprint density at radius 3 is 2.62 bits per heavy atom. The lowest BCUT2D eigenvalue weighted by molar-refractivity contribution is 0.247. The predicted molar refractivity (Wildman–Crippen MR) is 102 cm³/mol. The molecule has 5 rings (SSSR count). The Morgan fingerprint density at radius 2 is 1.85 bits per heavy atom. The van der Waals surface area contributed by atoms with Crippen LogP contribution in [-0.2, 0) is 0 Å². The maximum Gasteiger partial charge on any atom is 0.163 e. The molecule has 0 aromatic carbocycles. The molecular formula is C20H22N6. The lowest BCUT2D eigenvalue weighted by Gasteiger charge is -2.39. The van der Waals surface area contributed by atoms with Crippen molar-refractivity contribution < 1.29 is 0 Å². The Morgan fingerprint density at radius 1 is 0.962 bits per heavy atom. The molecule has 2 aliphatic heterocycles. The van der Waals surface area contributed by atoms with Crippen molar-refractivity contribution in [1.29, 1.82) is 0 Å². The van der Waals surface area contributed by atoms with Crippen LogP contribution in [0, 0.1) is 5.41 Å². The van der Waals surface area contributed by atoms with E-state index in [1.807, 2.05) is 36.8 Å². The van der Waals surface area contributed by atoms with Gasteiger partial charge in [-0.3, -0.25) is 9.97 Å². The van der Waals surface area contributed by atoms with Gasteiger partial charge in [-0.2, -0.15) is 0 Å². The van der Waals surface area contributed by atoms with Gasteiger partial charge in [-0.15, -0.1) is 0 Å². The fourth-order valence-electron chi connectivity index (χ4n) is 4.24. The van der Waals surface area contributed by atoms with Crippen molar-refractivity contribution in [3.8, 4) is 11.4 Å². The lowest BCUT2D eigenvalue weighted by atomic mass is 9.78. The molecule has 2 aliphatic rings. The van der Waals surface area contributed by atoms with Crippen LogP contribution in [0.15, 0.2) is 43.0 Å². The third kappa shape index (κ3) is 2.70. The molecule has 0 bridgehead atoms. The van der Waals surface area contributed by atoms with Gasteiger partial charge in [-0.1, -0.05) is 0 Å². The van der Waals surface area contributed by atoms with Gasteiger partial charge < -0.3 is 10.2 Å². The summed E-state index contributed by atoms with van der Waals surface area (Å²) in [6.45, 7) is 4.41. The van der Waals surface area contributed by atoms with E-state index in [9.17, 15) is 0 Å². The number of rotatable bonds is 2. The third-order valence-electron chi connectivity index (χ3n) is 5.85. The molecule has 1 spiro atoms. The maximum atomic E-state index is 4.94. The van der Waals surface area contributed by atoms with Crippen LogP contribution < -0.4 is 10.2 Å². The van der Waals surface area contributed by atoms with Gasteiger partial charge in [-0.25, -0.2) is 9.97 Å². The number of hydrogen-bond acceptors (Lipinski definition) is 6. The SMILES string of the molecule is c1cncc(-c2nc(N3CCC4(CCNC4)CC3)c3ccncc3n2)c1. The summed E-state index contributed by atoms with van der Waals surface area (Å²) in [6.07, 6.45) is 11.0. The molecule has 0 radical (unpaired) electrons. The molecule has 1 N–H and O–H groups in total. The molecule has 132 valence electrons. The highest BCUT2D eigenvalue weighted by Crippen LogP contribution is 2.39. The summed E-state index contributed by atoms with van der Waals surface area (Å²) in [5, 5.41) is 4.62. The van der Waals surface area contributed by atoms with E-state index >= 15 is 0 Å². The van der Waals surface area contributed by atoms with E-state index in [1.165, 1.54) is 19.3 Å². The Labute approximate surface area is 152 Å². The van der Waals surface area contributed by atoms with Gasteiger partial charge >= 0.3 is 0 Å². The van der Waals surface area contributed by atoms with Crippen LogP contribution in [0.1, 0.15) is 19.3 Å². The standard InChI is InChI=1S/C20H22N6/c1-2-15(12-21-7-1)18-24-17-13-22-8-3-16(17)19(25-18)26-10-5-20(6-11-26)4-9-23-14-20/h1-3,7-8,12-13,23H,4-6,9-11,14H2. The quantitative estimate of drug-likeness (QED) is 0.769. The summed E-state index contributed by atoms with van der Waals surface area (Å²) in [5.74, 6) is 1.74. The summed E-state index contributed by atoms with van der Waals surface area (Å²) in [7, 11) is 0. The van der Waals surface area contributed by atoms with Crippen molar-refractivity contribution in [2.45, 2.75) is 19.3 Å². The molecule has 6 nitrogen and oxygen atoms in total. The number of fused-ring (bicyclic) bond motifs is 1. The minimum atomic E-state index is 0.493. The minimum Gasteiger partial charge on any atom is -0.356 e. The smallest absolute Gasteiger partial charge is 0.163 e. The second-order valence-electron chi connectivity index (χ2n) is 7.42. The van der Waals surface area contributed by atoms with Gasteiger partial charge in [-0.05, 0) is 49.4 Å². The van der Waals surface area contributed by atoms with Crippen molar-refractivity contribution >= 4 is 16.7 Å². The number of pyridine rings is 2. The molecule has 0 amide bonds. The van der Waals surface area contributed by atoms with Crippen LogP contribution in [0.5, 0.6) is 0 Å². The highest BCUT2D eigenvalue weighted by molar-refractivity contribution is 5.90. The fourth-order valence-corrected chi connectivity index (χ4v) is 4.24. The van der Waals surface area contributed by atoms with E-state index < -0.39 is 0 Å². The molecule has 26 heavy (non-hydrogen) atoms. The first-order valence-corrected chi connectivity index (χ1v) is 9.31. The number of aromatic nitrogens is 4. The largest absolute Gasteiger partial charge is 0.356 e. The topological polar surface area (TPSA) is 66.8 Å². The average molecular weight is 346 g/mol. The van der Waals surface area contributed by atoms with Crippen molar-refractivity contribution in [3.63, 3.8) is 0 Å². The van der Waals surface area contributed by atoms with E-state index in [2.05, 4.69) is 20.2 Å². The van der Waals surface area contributed by atoms with Crippen LogP contribution in [0.2, 0.25) is 0 Å². The molecule has 0 saturated carbocycles. The van der Waals surface area contributed by atoms with Crippen LogP contribution >= 0.6 is 0 Å². The normalized spacial score (nSPS) is 19.3. The van der Waals surface area contributed by atoms with Gasteiger partial charge in [0.2, 0.25) is 0 Å². The second-order valence-corrected chi connectivity index (χ2v) is 7.42. The van der Waals surface area contributed by atoms with Gasteiger partial charge in [0.25, 0.3) is 0 Å². The zero-order valence-electron chi connectivity index (χ0n) is 14.7. The highest BCUT2D eigenvalue weighted by atomic mass is 15.2. The molecule has 3 aromatic heterocycles. The van der Waals surface area contributed by atoms with Gasteiger partial charge in [0.1, 0.15) is 5.82 Å². The number of anilines is 1. The zero-order chi connectivity index (χ0) is 17.4. The van der Waals surface area contributed by atoms with Crippen LogP contribution in [0.4, 0.5) is 5.82 Å². The fraction of sp³-hybridized carbons (Fsp3) is 0.400. The third-order valence-corrected chi connectivity index (χ3v) is 5.85. The molecule has 6 heteroatoms. The summed E-state index contributed by atoms with van der Waals surface area (Å²) >= 11 is 0. The maximum absolute atomic E-state index is 4.94. The average Bonchev–Trinajstić information content (AvgIpc) is 3.16. The Kier molecular flexibility index (Phi) is 3.78. The summed E-state index contributed by atoms with van der Waals surface area (Å²) in [4.78, 5) is 20.6. The van der Waals surface area contributed by atoms with Crippen molar-refractivity contribution in [3.05, 3.63) is 43.0 Å². The predicted octanol–water partition coefficient (Wildman–Crippen LogP) is 2.67. The molecule has 0 atom stereocenters. The van der Waals surface area contributed by atoms with E-state index in [0.29, 0.717) is 5.41 Å². The lowest BCUT2D eigenvalue weighted by Crippen LogP contribution is -2.41. The van der Waals surface area contributed by atoms with Gasteiger partial charge in [0.15, 0.2) is 5.82 Å². The first-order chi connectivity index (χ1) is 12.8. The molecule has 5 heterocycles. The molecular weight excluding hydrogens is 324 g/mol. The number of nitrogens with one attached hydrogen (secondary N) is 1. The number of hydrogen-bond donors (Lipinski definition) is 1. The van der Waals surface area contributed by atoms with Crippen LogP contribution in [0.25, 0.3) is 22.3 Å². The number of piperidine rings is 1. The highest BCUT2D eigenvalue weighted by Gasteiger charge is 2.37. The second kappa shape index (κ2) is 6.29. The Bertz CT molecular complexity index is 910. The van der Waals surface area contributed by atoms with Crippen molar-refractivity contribution in [2.75, 3.05) is 31.1 Å². The molecule has 2 fully saturated rings. The zero-order valence-corrected chi connectivity index (χ0v) is 14.7. The molecule has 3 aromatic rings. The van der Waals surface area contributed by atoms with Gasteiger partial charge in [0, 0.05) is 49.2 Å². The summed E-state index contributed by atoms with van der Waals surface area (Å²) in [6, 6.07) is 5.95. The van der Waals surface area contributed by atoms with Crippen LogP contribution in [0.3, 0.4) is 0 Å².